The van der Waals surface area contributed by atoms with Crippen molar-refractivity contribution >= 4 is 33.4 Å². The van der Waals surface area contributed by atoms with Gasteiger partial charge in [0.25, 0.3) is 5.91 Å². The molecule has 5 heteroatoms. The lowest BCUT2D eigenvalue weighted by Crippen LogP contribution is -2.33. The fraction of sp³-hybridized carbons (Fsp3) is 0.500. The zero-order valence-electron chi connectivity index (χ0n) is 10.7. The third kappa shape index (κ3) is 4.20. The lowest BCUT2D eigenvalue weighted by molar-refractivity contribution is 0.0950. The minimum atomic E-state index is -0.102. The van der Waals surface area contributed by atoms with Gasteiger partial charge in [-0.1, -0.05) is 17.7 Å². The molecule has 0 spiro atoms. The second kappa shape index (κ2) is 7.27. The summed E-state index contributed by atoms with van der Waals surface area (Å²) in [7, 11) is 0. The van der Waals surface area contributed by atoms with Gasteiger partial charge in [0.05, 0.1) is 10.6 Å². The van der Waals surface area contributed by atoms with E-state index in [2.05, 4.69) is 26.6 Å². The Balaban J connectivity index is 1.82. The van der Waals surface area contributed by atoms with Crippen LogP contribution in [-0.4, -0.2) is 25.5 Å². The van der Waals surface area contributed by atoms with Crippen molar-refractivity contribution in [3.05, 3.63) is 33.3 Å². The van der Waals surface area contributed by atoms with Crippen molar-refractivity contribution in [2.45, 2.75) is 19.3 Å². The normalized spacial score (nSPS) is 19.2. The molecule has 1 unspecified atom stereocenters. The maximum Gasteiger partial charge on any atom is 0.252 e. The Bertz CT molecular complexity index is 447. The van der Waals surface area contributed by atoms with Gasteiger partial charge in [-0.2, -0.15) is 0 Å². The predicted molar refractivity (Wildman–Crippen MR) is 81.7 cm³/mol. The Morgan fingerprint density at radius 3 is 3.11 bits per heavy atom. The van der Waals surface area contributed by atoms with Gasteiger partial charge in [-0.15, -0.1) is 0 Å². The molecule has 1 aromatic rings. The van der Waals surface area contributed by atoms with Crippen LogP contribution in [0.2, 0.25) is 5.02 Å². The molecule has 104 valence electrons. The topological polar surface area (TPSA) is 41.1 Å². The third-order valence-corrected chi connectivity index (χ3v) is 4.73. The van der Waals surface area contributed by atoms with Crippen molar-refractivity contribution < 1.29 is 4.79 Å². The third-order valence-electron chi connectivity index (χ3n) is 3.43. The van der Waals surface area contributed by atoms with Crippen LogP contribution in [0, 0.1) is 5.92 Å². The first-order valence-electron chi connectivity index (χ1n) is 6.61. The molecule has 0 aliphatic carbocycles. The van der Waals surface area contributed by atoms with E-state index in [0.717, 1.165) is 24.0 Å². The maximum absolute atomic E-state index is 12.0. The maximum atomic E-state index is 12.0. The highest BCUT2D eigenvalue weighted by Crippen LogP contribution is 2.25. The predicted octanol–water partition coefficient (Wildman–Crippen LogP) is 3.22. The fourth-order valence-electron chi connectivity index (χ4n) is 2.33. The van der Waals surface area contributed by atoms with Gasteiger partial charge in [-0.3, -0.25) is 4.79 Å². The first-order valence-corrected chi connectivity index (χ1v) is 7.78. The highest BCUT2D eigenvalue weighted by Gasteiger charge is 2.15. The zero-order valence-corrected chi connectivity index (χ0v) is 13.1. The molecular weight excluding hydrogens is 328 g/mol. The molecule has 1 saturated heterocycles. The van der Waals surface area contributed by atoms with Crippen molar-refractivity contribution in [1.82, 2.24) is 10.6 Å². The van der Waals surface area contributed by atoms with E-state index in [1.807, 2.05) is 12.1 Å². The molecule has 0 bridgehead atoms. The largest absolute Gasteiger partial charge is 0.352 e. The first kappa shape index (κ1) is 14.8. The van der Waals surface area contributed by atoms with E-state index in [4.69, 9.17) is 11.6 Å². The highest BCUT2D eigenvalue weighted by molar-refractivity contribution is 9.10. The summed E-state index contributed by atoms with van der Waals surface area (Å²) in [5, 5.41) is 6.80. The number of benzene rings is 1. The van der Waals surface area contributed by atoms with E-state index in [-0.39, 0.29) is 5.91 Å². The molecular formula is C14H18BrClN2O. The van der Waals surface area contributed by atoms with Crippen molar-refractivity contribution in [1.29, 1.82) is 0 Å². The average molecular weight is 346 g/mol. The number of rotatable bonds is 4. The number of piperidine rings is 1. The van der Waals surface area contributed by atoms with Gasteiger partial charge in [0.2, 0.25) is 0 Å². The van der Waals surface area contributed by atoms with Crippen LogP contribution < -0.4 is 10.6 Å². The van der Waals surface area contributed by atoms with Crippen molar-refractivity contribution in [3.63, 3.8) is 0 Å². The molecule has 1 amide bonds. The SMILES string of the molecule is O=C(NCCC1CCCNC1)c1cccc(Br)c1Cl. The average Bonchev–Trinajstić information content (AvgIpc) is 2.43. The van der Waals surface area contributed by atoms with Gasteiger partial charge in [0.1, 0.15) is 0 Å². The van der Waals surface area contributed by atoms with Crippen LogP contribution in [0.1, 0.15) is 29.6 Å². The van der Waals surface area contributed by atoms with E-state index in [0.29, 0.717) is 23.0 Å². The summed E-state index contributed by atoms with van der Waals surface area (Å²) in [5.74, 6) is 0.571. The monoisotopic (exact) mass is 344 g/mol. The Labute approximate surface area is 127 Å². The fourth-order valence-corrected chi connectivity index (χ4v) is 2.91. The van der Waals surface area contributed by atoms with Crippen LogP contribution in [0.25, 0.3) is 0 Å². The summed E-state index contributed by atoms with van der Waals surface area (Å²) < 4.78 is 0.748. The molecule has 2 rings (SSSR count). The molecule has 3 nitrogen and oxygen atoms in total. The highest BCUT2D eigenvalue weighted by atomic mass is 79.9. The van der Waals surface area contributed by atoms with Crippen LogP contribution in [0.4, 0.5) is 0 Å². The van der Waals surface area contributed by atoms with E-state index < -0.39 is 0 Å². The number of nitrogens with one attached hydrogen (secondary N) is 2. The molecule has 1 aliphatic heterocycles. The Morgan fingerprint density at radius 2 is 2.37 bits per heavy atom. The number of hydrogen-bond donors (Lipinski definition) is 2. The minimum Gasteiger partial charge on any atom is -0.352 e. The molecule has 0 aromatic heterocycles. The lowest BCUT2D eigenvalue weighted by Gasteiger charge is -2.22. The van der Waals surface area contributed by atoms with Crippen LogP contribution in [-0.2, 0) is 0 Å². The van der Waals surface area contributed by atoms with Crippen LogP contribution in [0.15, 0.2) is 22.7 Å². The summed E-state index contributed by atoms with van der Waals surface area (Å²) in [6.07, 6.45) is 3.50. The lowest BCUT2D eigenvalue weighted by atomic mass is 9.96. The van der Waals surface area contributed by atoms with E-state index >= 15 is 0 Å². The van der Waals surface area contributed by atoms with Crippen molar-refractivity contribution in [3.8, 4) is 0 Å². The Kier molecular flexibility index (Phi) is 5.67. The quantitative estimate of drug-likeness (QED) is 0.879. The molecule has 0 radical (unpaired) electrons. The van der Waals surface area contributed by atoms with Crippen LogP contribution >= 0.6 is 27.5 Å². The summed E-state index contributed by atoms with van der Waals surface area (Å²) in [6.45, 7) is 2.89. The Hall–Kier alpha value is -0.580. The van der Waals surface area contributed by atoms with Crippen LogP contribution in [0.3, 0.4) is 0 Å². The molecule has 1 fully saturated rings. The van der Waals surface area contributed by atoms with Crippen LogP contribution in [0.5, 0.6) is 0 Å². The van der Waals surface area contributed by atoms with E-state index in [1.165, 1.54) is 12.8 Å². The van der Waals surface area contributed by atoms with Gasteiger partial charge in [0.15, 0.2) is 0 Å². The number of halogens is 2. The minimum absolute atomic E-state index is 0.102. The first-order chi connectivity index (χ1) is 9.18. The molecule has 0 saturated carbocycles. The van der Waals surface area contributed by atoms with Gasteiger partial charge in [-0.05, 0) is 66.3 Å². The number of carbonyl (C=O) groups excluding carboxylic acids is 1. The molecule has 1 atom stereocenters. The van der Waals surface area contributed by atoms with Gasteiger partial charge in [-0.25, -0.2) is 0 Å². The second-order valence-electron chi connectivity index (χ2n) is 4.86. The summed E-state index contributed by atoms with van der Waals surface area (Å²) >= 11 is 9.42. The molecule has 19 heavy (non-hydrogen) atoms. The Morgan fingerprint density at radius 1 is 1.53 bits per heavy atom. The van der Waals surface area contributed by atoms with Gasteiger partial charge < -0.3 is 10.6 Å². The number of amides is 1. The van der Waals surface area contributed by atoms with E-state index in [9.17, 15) is 4.79 Å². The van der Waals surface area contributed by atoms with E-state index in [1.54, 1.807) is 6.07 Å². The molecule has 2 N–H and O–H groups in total. The zero-order chi connectivity index (χ0) is 13.7. The number of carbonyl (C=O) groups is 1. The molecule has 1 aliphatic rings. The van der Waals surface area contributed by atoms with Crippen molar-refractivity contribution in [2.24, 2.45) is 5.92 Å². The summed E-state index contributed by atoms with van der Waals surface area (Å²) in [5.41, 5.74) is 0.526. The summed E-state index contributed by atoms with van der Waals surface area (Å²) in [6, 6.07) is 5.38. The smallest absolute Gasteiger partial charge is 0.252 e. The van der Waals surface area contributed by atoms with Gasteiger partial charge >= 0.3 is 0 Å². The second-order valence-corrected chi connectivity index (χ2v) is 6.09. The molecule has 1 heterocycles. The summed E-state index contributed by atoms with van der Waals surface area (Å²) in [4.78, 5) is 12.0. The molecule has 1 aromatic carbocycles. The van der Waals surface area contributed by atoms with Gasteiger partial charge in [0, 0.05) is 11.0 Å². The van der Waals surface area contributed by atoms with Crippen molar-refractivity contribution in [2.75, 3.05) is 19.6 Å². The number of hydrogen-bond acceptors (Lipinski definition) is 2. The standard InChI is InChI=1S/C14H18BrClN2O/c15-12-5-1-4-11(13(12)16)14(19)18-8-6-10-3-2-7-17-9-10/h1,4-5,10,17H,2-3,6-9H2,(H,18,19).